The third-order valence-corrected chi connectivity index (χ3v) is 2.79. The number of carbonyl (C=O) groups excluding carboxylic acids is 1. The first-order valence-electron chi connectivity index (χ1n) is 6.52. The molecule has 0 spiro atoms. The lowest BCUT2D eigenvalue weighted by atomic mass is 10.1. The maximum absolute atomic E-state index is 11.8. The summed E-state index contributed by atoms with van der Waals surface area (Å²) in [5.74, 6) is 0.405. The minimum atomic E-state index is -0.598. The van der Waals surface area contributed by atoms with Crippen LogP contribution >= 0.6 is 0 Å². The molecule has 0 saturated carbocycles. The lowest BCUT2D eigenvalue weighted by Crippen LogP contribution is -2.33. The van der Waals surface area contributed by atoms with Gasteiger partial charge >= 0.3 is 0 Å². The second kappa shape index (κ2) is 6.19. The predicted molar refractivity (Wildman–Crippen MR) is 81.0 cm³/mol. The van der Waals surface area contributed by atoms with E-state index in [9.17, 15) is 4.79 Å². The molecule has 1 N–H and O–H groups in total. The van der Waals surface area contributed by atoms with Crippen LogP contribution in [0.2, 0.25) is 0 Å². The van der Waals surface area contributed by atoms with Crippen LogP contribution in [0.3, 0.4) is 0 Å². The quantitative estimate of drug-likeness (QED) is 0.685. The standard InChI is InChI=1S/C16H18N2O2/c1-11(2)17-18-16(19)12(3)20-15-9-8-13-6-4-5-7-14(13)10-15/h4-10,12H,1-3H3,(H,18,19)/t12-/m0/s1. The molecule has 0 aliphatic carbocycles. The zero-order valence-electron chi connectivity index (χ0n) is 11.9. The SMILES string of the molecule is CC(C)=NNC(=O)[C@H](C)Oc1ccc2ccccc2c1. The molecule has 0 heterocycles. The summed E-state index contributed by atoms with van der Waals surface area (Å²) in [6.45, 7) is 5.33. The molecule has 4 heteroatoms. The highest BCUT2D eigenvalue weighted by Gasteiger charge is 2.14. The highest BCUT2D eigenvalue weighted by Crippen LogP contribution is 2.21. The van der Waals surface area contributed by atoms with Crippen LogP contribution in [0.5, 0.6) is 5.75 Å². The van der Waals surface area contributed by atoms with Gasteiger partial charge in [-0.2, -0.15) is 5.10 Å². The summed E-state index contributed by atoms with van der Waals surface area (Å²) in [5, 5.41) is 6.10. The average Bonchev–Trinajstić information content (AvgIpc) is 2.44. The van der Waals surface area contributed by atoms with Crippen molar-refractivity contribution in [2.24, 2.45) is 5.10 Å². The number of hydrazone groups is 1. The Bertz CT molecular complexity index is 646. The zero-order valence-corrected chi connectivity index (χ0v) is 11.9. The van der Waals surface area contributed by atoms with Crippen LogP contribution in [-0.4, -0.2) is 17.7 Å². The number of nitrogens with zero attached hydrogens (tertiary/aromatic N) is 1. The third-order valence-electron chi connectivity index (χ3n) is 2.79. The van der Waals surface area contributed by atoms with Crippen molar-refractivity contribution in [3.63, 3.8) is 0 Å². The van der Waals surface area contributed by atoms with E-state index in [1.807, 2.05) is 56.3 Å². The number of carbonyl (C=O) groups is 1. The van der Waals surface area contributed by atoms with E-state index in [0.29, 0.717) is 5.75 Å². The Morgan fingerprint density at radius 2 is 1.85 bits per heavy atom. The molecule has 0 unspecified atom stereocenters. The van der Waals surface area contributed by atoms with E-state index in [4.69, 9.17) is 4.74 Å². The van der Waals surface area contributed by atoms with E-state index < -0.39 is 6.10 Å². The molecule has 0 fully saturated rings. The number of hydrogen-bond acceptors (Lipinski definition) is 3. The van der Waals surface area contributed by atoms with Gasteiger partial charge < -0.3 is 4.74 Å². The van der Waals surface area contributed by atoms with Gasteiger partial charge in [0.05, 0.1) is 0 Å². The van der Waals surface area contributed by atoms with Gasteiger partial charge in [0, 0.05) is 5.71 Å². The molecule has 0 aliphatic heterocycles. The Labute approximate surface area is 118 Å². The normalized spacial score (nSPS) is 11.8. The van der Waals surface area contributed by atoms with Crippen LogP contribution < -0.4 is 10.2 Å². The molecule has 1 atom stereocenters. The molecule has 0 aromatic heterocycles. The third kappa shape index (κ3) is 3.57. The fraction of sp³-hybridized carbons (Fsp3) is 0.250. The highest BCUT2D eigenvalue weighted by molar-refractivity contribution is 5.85. The summed E-state index contributed by atoms with van der Waals surface area (Å²) < 4.78 is 5.64. The molecule has 2 aromatic carbocycles. The summed E-state index contributed by atoms with van der Waals surface area (Å²) in [6, 6.07) is 13.8. The minimum absolute atomic E-state index is 0.264. The van der Waals surface area contributed by atoms with Crippen molar-refractivity contribution >= 4 is 22.4 Å². The van der Waals surface area contributed by atoms with Gasteiger partial charge in [-0.1, -0.05) is 30.3 Å². The molecule has 2 aromatic rings. The largest absolute Gasteiger partial charge is 0.481 e. The summed E-state index contributed by atoms with van der Waals surface area (Å²) in [6.07, 6.45) is -0.598. The molecule has 20 heavy (non-hydrogen) atoms. The fourth-order valence-electron chi connectivity index (χ4n) is 1.76. The Morgan fingerprint density at radius 1 is 1.15 bits per heavy atom. The maximum Gasteiger partial charge on any atom is 0.280 e. The first-order chi connectivity index (χ1) is 9.56. The Balaban J connectivity index is 2.07. The maximum atomic E-state index is 11.8. The van der Waals surface area contributed by atoms with Gasteiger partial charge in [-0.3, -0.25) is 4.79 Å². The molecule has 0 radical (unpaired) electrons. The van der Waals surface area contributed by atoms with E-state index >= 15 is 0 Å². The van der Waals surface area contributed by atoms with Crippen molar-refractivity contribution in [2.45, 2.75) is 26.9 Å². The van der Waals surface area contributed by atoms with Crippen LogP contribution in [0.4, 0.5) is 0 Å². The molecular weight excluding hydrogens is 252 g/mol. The zero-order chi connectivity index (χ0) is 14.5. The van der Waals surface area contributed by atoms with Crippen molar-refractivity contribution in [2.75, 3.05) is 0 Å². The van der Waals surface area contributed by atoms with E-state index in [-0.39, 0.29) is 5.91 Å². The second-order valence-corrected chi connectivity index (χ2v) is 4.80. The topological polar surface area (TPSA) is 50.7 Å². The molecule has 2 rings (SSSR count). The van der Waals surface area contributed by atoms with Crippen molar-refractivity contribution in [1.82, 2.24) is 5.43 Å². The Hall–Kier alpha value is -2.36. The number of benzene rings is 2. The van der Waals surface area contributed by atoms with Gasteiger partial charge in [-0.15, -0.1) is 0 Å². The second-order valence-electron chi connectivity index (χ2n) is 4.80. The monoisotopic (exact) mass is 270 g/mol. The summed E-state index contributed by atoms with van der Waals surface area (Å²) >= 11 is 0. The van der Waals surface area contributed by atoms with Crippen LogP contribution in [0.15, 0.2) is 47.6 Å². The lowest BCUT2D eigenvalue weighted by Gasteiger charge is -2.13. The fourth-order valence-corrected chi connectivity index (χ4v) is 1.76. The number of hydrogen-bond donors (Lipinski definition) is 1. The van der Waals surface area contributed by atoms with Crippen molar-refractivity contribution in [3.05, 3.63) is 42.5 Å². The smallest absolute Gasteiger partial charge is 0.280 e. The van der Waals surface area contributed by atoms with Gasteiger partial charge in [0.1, 0.15) is 5.75 Å². The molecule has 4 nitrogen and oxygen atoms in total. The van der Waals surface area contributed by atoms with Gasteiger partial charge in [0.15, 0.2) is 6.10 Å². The van der Waals surface area contributed by atoms with E-state index in [2.05, 4.69) is 10.5 Å². The number of fused-ring (bicyclic) bond motifs is 1. The van der Waals surface area contributed by atoms with Crippen molar-refractivity contribution in [1.29, 1.82) is 0 Å². The molecule has 1 amide bonds. The van der Waals surface area contributed by atoms with Crippen LogP contribution in [0.25, 0.3) is 10.8 Å². The highest BCUT2D eigenvalue weighted by atomic mass is 16.5. The first kappa shape index (κ1) is 14.1. The average molecular weight is 270 g/mol. The molecule has 104 valence electrons. The van der Waals surface area contributed by atoms with E-state index in [0.717, 1.165) is 16.5 Å². The molecule has 0 bridgehead atoms. The summed E-state index contributed by atoms with van der Waals surface area (Å²) in [4.78, 5) is 11.8. The first-order valence-corrected chi connectivity index (χ1v) is 6.52. The summed E-state index contributed by atoms with van der Waals surface area (Å²) in [7, 11) is 0. The van der Waals surface area contributed by atoms with Crippen LogP contribution in [-0.2, 0) is 4.79 Å². The Kier molecular flexibility index (Phi) is 4.35. The molecule has 0 saturated heterocycles. The van der Waals surface area contributed by atoms with Gasteiger partial charge in [-0.05, 0) is 43.7 Å². The van der Waals surface area contributed by atoms with Crippen LogP contribution in [0, 0.1) is 0 Å². The number of nitrogens with one attached hydrogen (secondary N) is 1. The predicted octanol–water partition coefficient (Wildman–Crippen LogP) is 3.12. The number of rotatable bonds is 4. The Morgan fingerprint density at radius 3 is 2.55 bits per heavy atom. The number of ether oxygens (including phenoxy) is 1. The van der Waals surface area contributed by atoms with Crippen molar-refractivity contribution in [3.8, 4) is 5.75 Å². The van der Waals surface area contributed by atoms with E-state index in [1.54, 1.807) is 6.92 Å². The lowest BCUT2D eigenvalue weighted by molar-refractivity contribution is -0.127. The van der Waals surface area contributed by atoms with Gasteiger partial charge in [-0.25, -0.2) is 5.43 Å². The minimum Gasteiger partial charge on any atom is -0.481 e. The van der Waals surface area contributed by atoms with Gasteiger partial charge in [0.25, 0.3) is 5.91 Å². The van der Waals surface area contributed by atoms with Crippen molar-refractivity contribution < 1.29 is 9.53 Å². The van der Waals surface area contributed by atoms with Gasteiger partial charge in [0.2, 0.25) is 0 Å². The summed E-state index contributed by atoms with van der Waals surface area (Å²) in [5.41, 5.74) is 3.25. The van der Waals surface area contributed by atoms with E-state index in [1.165, 1.54) is 0 Å². The molecule has 0 aliphatic rings. The number of amides is 1. The van der Waals surface area contributed by atoms with Crippen LogP contribution in [0.1, 0.15) is 20.8 Å². The molecular formula is C16H18N2O2.